The first-order valence-corrected chi connectivity index (χ1v) is 6.05. The van der Waals surface area contributed by atoms with E-state index >= 15 is 0 Å². The molecule has 0 saturated heterocycles. The maximum atomic E-state index is 11.5. The Bertz CT molecular complexity index is 263. The van der Waals surface area contributed by atoms with Crippen LogP contribution in [0.15, 0.2) is 0 Å². The van der Waals surface area contributed by atoms with E-state index in [1.54, 1.807) is 14.0 Å². The van der Waals surface area contributed by atoms with Gasteiger partial charge in [0.1, 0.15) is 5.54 Å². The lowest BCUT2D eigenvalue weighted by Crippen LogP contribution is -2.55. The fourth-order valence-corrected chi connectivity index (χ4v) is 2.02. The van der Waals surface area contributed by atoms with Gasteiger partial charge in [-0.2, -0.15) is 0 Å². The molecule has 0 aromatic heterocycles. The summed E-state index contributed by atoms with van der Waals surface area (Å²) in [4.78, 5) is 13.4. The average Bonchev–Trinajstić information content (AvgIpc) is 2.15. The van der Waals surface area contributed by atoms with E-state index in [9.17, 15) is 9.90 Å². The van der Waals surface area contributed by atoms with Crippen LogP contribution in [0.2, 0.25) is 0 Å². The van der Waals surface area contributed by atoms with Crippen molar-refractivity contribution < 1.29 is 14.6 Å². The van der Waals surface area contributed by atoms with Crippen molar-refractivity contribution in [3.63, 3.8) is 0 Å². The summed E-state index contributed by atoms with van der Waals surface area (Å²) in [6, 6.07) is 0. The second-order valence-corrected chi connectivity index (χ2v) is 5.99. The third-order valence-electron chi connectivity index (χ3n) is 3.26. The molecule has 102 valence electrons. The zero-order valence-corrected chi connectivity index (χ0v) is 12.2. The fourth-order valence-electron chi connectivity index (χ4n) is 2.02. The van der Waals surface area contributed by atoms with Gasteiger partial charge in [-0.25, -0.2) is 0 Å². The van der Waals surface area contributed by atoms with Crippen molar-refractivity contribution in [2.75, 3.05) is 20.7 Å². The number of ether oxygens (including phenoxy) is 1. The van der Waals surface area contributed by atoms with Crippen LogP contribution in [0.4, 0.5) is 0 Å². The molecule has 0 aromatic rings. The first-order valence-electron chi connectivity index (χ1n) is 6.05. The lowest BCUT2D eigenvalue weighted by Gasteiger charge is -2.40. The second kappa shape index (κ2) is 5.83. The van der Waals surface area contributed by atoms with Crippen LogP contribution in [0.1, 0.15) is 41.0 Å². The molecule has 0 aliphatic heterocycles. The molecule has 4 heteroatoms. The molecule has 0 aliphatic rings. The van der Waals surface area contributed by atoms with Gasteiger partial charge in [0.05, 0.1) is 5.60 Å². The van der Waals surface area contributed by atoms with Crippen LogP contribution in [-0.4, -0.2) is 47.8 Å². The molecule has 1 N–H and O–H groups in total. The third-order valence-corrected chi connectivity index (χ3v) is 3.26. The van der Waals surface area contributed by atoms with Gasteiger partial charge in [0.25, 0.3) is 0 Å². The number of hydrogen-bond donors (Lipinski definition) is 1. The van der Waals surface area contributed by atoms with Gasteiger partial charge >= 0.3 is 5.97 Å². The van der Waals surface area contributed by atoms with Gasteiger partial charge in [0.15, 0.2) is 0 Å². The Morgan fingerprint density at radius 2 is 1.82 bits per heavy atom. The number of carboxylic acid groups (broad SMARTS) is 1. The van der Waals surface area contributed by atoms with Crippen LogP contribution < -0.4 is 0 Å². The number of likely N-dealkylation sites (N-methyl/N-ethyl adjacent to an activating group) is 1. The molecule has 4 nitrogen and oxygen atoms in total. The summed E-state index contributed by atoms with van der Waals surface area (Å²) in [5, 5.41) is 9.48. The maximum Gasteiger partial charge on any atom is 0.323 e. The minimum atomic E-state index is -0.899. The quantitative estimate of drug-likeness (QED) is 0.747. The zero-order valence-electron chi connectivity index (χ0n) is 12.2. The lowest BCUT2D eigenvalue weighted by molar-refractivity contribution is -0.154. The Hall–Kier alpha value is -0.610. The Morgan fingerprint density at radius 1 is 1.35 bits per heavy atom. The number of carbonyl (C=O) groups is 1. The van der Waals surface area contributed by atoms with E-state index in [-0.39, 0.29) is 0 Å². The van der Waals surface area contributed by atoms with Gasteiger partial charge < -0.3 is 9.84 Å². The molecule has 0 fully saturated rings. The van der Waals surface area contributed by atoms with Crippen molar-refractivity contribution >= 4 is 5.97 Å². The molecule has 0 rings (SSSR count). The monoisotopic (exact) mass is 245 g/mol. The number of carboxylic acids is 1. The molecule has 0 amide bonds. The first kappa shape index (κ1) is 16.4. The summed E-state index contributed by atoms with van der Waals surface area (Å²) < 4.78 is 5.35. The molecule has 0 aromatic carbocycles. The highest BCUT2D eigenvalue weighted by Gasteiger charge is 2.42. The summed E-state index contributed by atoms with van der Waals surface area (Å²) in [5.41, 5.74) is -1.35. The Kier molecular flexibility index (Phi) is 5.62. The van der Waals surface area contributed by atoms with Gasteiger partial charge in [0, 0.05) is 20.1 Å². The van der Waals surface area contributed by atoms with Crippen LogP contribution in [-0.2, 0) is 9.53 Å². The summed E-state index contributed by atoms with van der Waals surface area (Å²) in [6.45, 7) is 10.5. The summed E-state index contributed by atoms with van der Waals surface area (Å²) in [5.74, 6) is -0.366. The van der Waals surface area contributed by atoms with Gasteiger partial charge in [-0.3, -0.25) is 9.69 Å². The molecular weight excluding hydrogens is 218 g/mol. The molecule has 0 spiro atoms. The molecule has 1 atom stereocenters. The third kappa shape index (κ3) is 4.64. The molecule has 17 heavy (non-hydrogen) atoms. The fraction of sp³-hybridized carbons (Fsp3) is 0.923. The number of hydrogen-bond acceptors (Lipinski definition) is 3. The van der Waals surface area contributed by atoms with Gasteiger partial charge in [0.2, 0.25) is 0 Å². The topological polar surface area (TPSA) is 49.8 Å². The van der Waals surface area contributed by atoms with E-state index in [1.165, 1.54) is 0 Å². The van der Waals surface area contributed by atoms with Crippen LogP contribution in [0.25, 0.3) is 0 Å². The number of methoxy groups -OCH3 is 1. The van der Waals surface area contributed by atoms with Gasteiger partial charge in [-0.15, -0.1) is 0 Å². The summed E-state index contributed by atoms with van der Waals surface area (Å²) in [7, 11) is 3.48. The van der Waals surface area contributed by atoms with E-state index in [0.717, 1.165) is 6.54 Å². The summed E-state index contributed by atoms with van der Waals surface area (Å²) in [6.07, 6.45) is 0.453. The van der Waals surface area contributed by atoms with Crippen molar-refractivity contribution in [1.29, 1.82) is 0 Å². The number of rotatable bonds is 7. The highest BCUT2D eigenvalue weighted by atomic mass is 16.5. The van der Waals surface area contributed by atoms with Gasteiger partial charge in [-0.1, -0.05) is 13.8 Å². The Morgan fingerprint density at radius 3 is 2.12 bits per heavy atom. The molecule has 0 bridgehead atoms. The van der Waals surface area contributed by atoms with E-state index in [2.05, 4.69) is 13.8 Å². The van der Waals surface area contributed by atoms with Crippen molar-refractivity contribution in [3.8, 4) is 0 Å². The highest BCUT2D eigenvalue weighted by molar-refractivity contribution is 5.78. The highest BCUT2D eigenvalue weighted by Crippen LogP contribution is 2.28. The van der Waals surface area contributed by atoms with Crippen LogP contribution in [0.5, 0.6) is 0 Å². The number of nitrogens with zero attached hydrogens (tertiary/aromatic N) is 1. The average molecular weight is 245 g/mol. The summed E-state index contributed by atoms with van der Waals surface area (Å²) >= 11 is 0. The number of aliphatic carboxylic acids is 1. The Balaban J connectivity index is 4.97. The Labute approximate surface area is 105 Å². The van der Waals surface area contributed by atoms with Gasteiger partial charge in [-0.05, 0) is 33.7 Å². The van der Waals surface area contributed by atoms with Crippen molar-refractivity contribution in [1.82, 2.24) is 4.90 Å². The molecule has 0 radical (unpaired) electrons. The maximum absolute atomic E-state index is 11.5. The zero-order chi connectivity index (χ0) is 13.9. The molecule has 1 unspecified atom stereocenters. The van der Waals surface area contributed by atoms with E-state index in [4.69, 9.17) is 4.74 Å². The minimum absolute atomic E-state index is 0.435. The van der Waals surface area contributed by atoms with Crippen molar-refractivity contribution in [3.05, 3.63) is 0 Å². The predicted molar refractivity (Wildman–Crippen MR) is 69.2 cm³/mol. The first-order chi connectivity index (χ1) is 7.55. The smallest absolute Gasteiger partial charge is 0.323 e. The SMILES string of the molecule is COC(C)(C)CC(C)(C(=O)O)N(C)CC(C)C. The molecule has 0 saturated carbocycles. The molecule has 0 aliphatic carbocycles. The standard InChI is InChI=1S/C13H27NO3/c1-10(2)8-14(6)13(5,11(15)16)9-12(3,4)17-7/h10H,8-9H2,1-7H3,(H,15,16). The molecule has 0 heterocycles. The van der Waals surface area contributed by atoms with E-state index in [1.807, 2.05) is 25.8 Å². The largest absolute Gasteiger partial charge is 0.480 e. The predicted octanol–water partition coefficient (Wildman–Crippen LogP) is 2.23. The van der Waals surface area contributed by atoms with Crippen molar-refractivity contribution in [2.24, 2.45) is 5.92 Å². The van der Waals surface area contributed by atoms with Crippen LogP contribution in [0.3, 0.4) is 0 Å². The minimum Gasteiger partial charge on any atom is -0.480 e. The van der Waals surface area contributed by atoms with Crippen LogP contribution in [0, 0.1) is 5.92 Å². The van der Waals surface area contributed by atoms with E-state index in [0.29, 0.717) is 12.3 Å². The lowest BCUT2D eigenvalue weighted by atomic mass is 9.86. The van der Waals surface area contributed by atoms with Crippen molar-refractivity contribution in [2.45, 2.75) is 52.2 Å². The van der Waals surface area contributed by atoms with Crippen LogP contribution >= 0.6 is 0 Å². The van der Waals surface area contributed by atoms with E-state index < -0.39 is 17.1 Å². The normalized spacial score (nSPS) is 16.3. The molecular formula is C13H27NO3. The second-order valence-electron chi connectivity index (χ2n) is 5.99.